The van der Waals surface area contributed by atoms with E-state index in [1.54, 1.807) is 0 Å². The van der Waals surface area contributed by atoms with Crippen molar-refractivity contribution >= 4 is 33.2 Å². The van der Waals surface area contributed by atoms with Gasteiger partial charge in [0.05, 0.1) is 29.6 Å². The van der Waals surface area contributed by atoms with Crippen LogP contribution in [0.4, 0.5) is 10.7 Å². The Hall–Kier alpha value is -2.13. The van der Waals surface area contributed by atoms with E-state index in [-0.39, 0.29) is 17.5 Å². The summed E-state index contributed by atoms with van der Waals surface area (Å²) in [5.74, 6) is 0.167. The summed E-state index contributed by atoms with van der Waals surface area (Å²) in [4.78, 5) is 18.0. The van der Waals surface area contributed by atoms with E-state index in [0.29, 0.717) is 17.5 Å². The number of nitrogens with zero attached hydrogens (tertiary/aromatic N) is 1. The maximum Gasteiger partial charge on any atom is 0.413 e. The van der Waals surface area contributed by atoms with E-state index >= 15 is 0 Å². The minimum absolute atomic E-state index is 0.0247. The molecule has 0 aliphatic rings. The molecule has 0 saturated carbocycles. The van der Waals surface area contributed by atoms with Crippen molar-refractivity contribution in [2.45, 2.75) is 18.2 Å². The first-order valence-electron chi connectivity index (χ1n) is 6.20. The average Bonchev–Trinajstić information content (AvgIpc) is 2.86. The molecule has 114 valence electrons. The number of nitrogens with one attached hydrogen (secondary N) is 2. The summed E-state index contributed by atoms with van der Waals surface area (Å²) in [6, 6.07) is 4.32. The fourth-order valence-electron chi connectivity index (χ4n) is 1.61. The third-order valence-electron chi connectivity index (χ3n) is 2.59. The van der Waals surface area contributed by atoms with Crippen molar-refractivity contribution < 1.29 is 22.1 Å². The third-order valence-corrected chi connectivity index (χ3v) is 3.90. The molecule has 0 unspecified atom stereocenters. The molecule has 0 fully saturated rings. The van der Waals surface area contributed by atoms with Crippen LogP contribution in [0.15, 0.2) is 23.1 Å². The van der Waals surface area contributed by atoms with Crippen molar-refractivity contribution in [1.82, 2.24) is 9.97 Å². The summed E-state index contributed by atoms with van der Waals surface area (Å²) in [6.07, 6.45) is -0.0770. The van der Waals surface area contributed by atoms with Gasteiger partial charge in [0.2, 0.25) is 5.95 Å². The Bertz CT molecular complexity index is 753. The lowest BCUT2D eigenvalue weighted by molar-refractivity contribution is 0.186. The van der Waals surface area contributed by atoms with Crippen LogP contribution in [0.2, 0.25) is 0 Å². The topological polar surface area (TPSA) is 110 Å². The summed E-state index contributed by atoms with van der Waals surface area (Å²) in [5.41, 5.74) is 0.971. The van der Waals surface area contributed by atoms with Gasteiger partial charge in [-0.1, -0.05) is 6.92 Å². The molecule has 1 heterocycles. The predicted molar refractivity (Wildman–Crippen MR) is 75.6 cm³/mol. The first-order valence-corrected chi connectivity index (χ1v) is 7.61. The molecule has 2 N–H and O–H groups in total. The fraction of sp³-hybridized carbons (Fsp3) is 0.333. The monoisotopic (exact) mass is 313 g/mol. The number of aromatic amines is 1. The Morgan fingerprint density at radius 3 is 2.86 bits per heavy atom. The van der Waals surface area contributed by atoms with Crippen molar-refractivity contribution in [1.29, 1.82) is 0 Å². The molecule has 1 amide bonds. The molecule has 21 heavy (non-hydrogen) atoms. The number of methoxy groups -OCH3 is 1. The number of ether oxygens (including phenoxy) is 1. The number of rotatable bonds is 5. The molecule has 0 radical (unpaired) electrons. The van der Waals surface area contributed by atoms with Gasteiger partial charge in [0.25, 0.3) is 10.1 Å². The summed E-state index contributed by atoms with van der Waals surface area (Å²) in [6.45, 7) is 1.94. The smallest absolute Gasteiger partial charge is 0.413 e. The van der Waals surface area contributed by atoms with Crippen molar-refractivity contribution in [3.05, 3.63) is 18.2 Å². The number of hydrogen-bond donors (Lipinski definition) is 2. The van der Waals surface area contributed by atoms with Gasteiger partial charge in [-0.3, -0.25) is 9.50 Å². The molecule has 0 bridgehead atoms. The van der Waals surface area contributed by atoms with Crippen LogP contribution < -0.4 is 5.32 Å². The number of benzene rings is 1. The van der Waals surface area contributed by atoms with Crippen LogP contribution in [0.25, 0.3) is 11.0 Å². The highest BCUT2D eigenvalue weighted by Crippen LogP contribution is 2.20. The first kappa shape index (κ1) is 15.3. The normalized spacial score (nSPS) is 11.5. The maximum absolute atomic E-state index is 11.9. The minimum atomic E-state index is -3.79. The number of carbonyl (C=O) groups excluding carboxylic acids is 1. The number of aromatic nitrogens is 2. The Morgan fingerprint density at radius 1 is 1.43 bits per heavy atom. The molecule has 1 aromatic heterocycles. The van der Waals surface area contributed by atoms with Crippen LogP contribution in [0.5, 0.6) is 0 Å². The molecule has 1 aromatic carbocycles. The zero-order valence-corrected chi connectivity index (χ0v) is 12.4. The van der Waals surface area contributed by atoms with E-state index < -0.39 is 16.2 Å². The number of fused-ring (bicyclic) bond motifs is 1. The SMILES string of the molecule is CCCOS(=O)(=O)c1ccc2nc(NC(=O)OC)[nH]c2c1. The van der Waals surface area contributed by atoms with Crippen molar-refractivity contribution in [3.8, 4) is 0 Å². The largest absolute Gasteiger partial charge is 0.453 e. The minimum Gasteiger partial charge on any atom is -0.453 e. The molecule has 9 heteroatoms. The van der Waals surface area contributed by atoms with Crippen molar-refractivity contribution in [2.75, 3.05) is 19.0 Å². The van der Waals surface area contributed by atoms with Crippen LogP contribution in [-0.2, 0) is 19.0 Å². The molecule has 2 aromatic rings. The number of hydrogen-bond acceptors (Lipinski definition) is 6. The van der Waals surface area contributed by atoms with Crippen LogP contribution in [0.3, 0.4) is 0 Å². The lowest BCUT2D eigenvalue weighted by atomic mass is 10.3. The van der Waals surface area contributed by atoms with Crippen molar-refractivity contribution in [3.63, 3.8) is 0 Å². The van der Waals surface area contributed by atoms with Gasteiger partial charge in [-0.15, -0.1) is 0 Å². The number of H-pyrrole nitrogens is 1. The number of amides is 1. The molecule has 2 rings (SSSR count). The van der Waals surface area contributed by atoms with E-state index in [0.717, 1.165) is 0 Å². The highest BCUT2D eigenvalue weighted by molar-refractivity contribution is 7.86. The van der Waals surface area contributed by atoms with Gasteiger partial charge in [0.15, 0.2) is 0 Å². The number of anilines is 1. The second kappa shape index (κ2) is 6.10. The molecular weight excluding hydrogens is 298 g/mol. The Labute approximate surface area is 121 Å². The first-order chi connectivity index (χ1) is 9.96. The van der Waals surface area contributed by atoms with Gasteiger partial charge in [0.1, 0.15) is 0 Å². The van der Waals surface area contributed by atoms with E-state index in [1.165, 1.54) is 25.3 Å². The van der Waals surface area contributed by atoms with Crippen LogP contribution in [0.1, 0.15) is 13.3 Å². The van der Waals surface area contributed by atoms with Crippen LogP contribution >= 0.6 is 0 Å². The summed E-state index contributed by atoms with van der Waals surface area (Å²) in [7, 11) is -2.56. The standard InChI is InChI=1S/C12H15N3O5S/c1-3-6-20-21(17,18)8-4-5-9-10(7-8)14-11(13-9)15-12(16)19-2/h4-5,7H,3,6H2,1-2H3,(H2,13,14,15,16). The predicted octanol–water partition coefficient (Wildman–Crippen LogP) is 1.86. The van der Waals surface area contributed by atoms with Gasteiger partial charge in [0, 0.05) is 0 Å². The van der Waals surface area contributed by atoms with E-state index in [9.17, 15) is 13.2 Å². The maximum atomic E-state index is 11.9. The Kier molecular flexibility index (Phi) is 4.43. The third kappa shape index (κ3) is 3.50. The fourth-order valence-corrected chi connectivity index (χ4v) is 2.63. The Balaban J connectivity index is 2.31. The van der Waals surface area contributed by atoms with E-state index in [4.69, 9.17) is 4.18 Å². The van der Waals surface area contributed by atoms with E-state index in [1.807, 2.05) is 6.92 Å². The quantitative estimate of drug-likeness (QED) is 0.815. The van der Waals surface area contributed by atoms with Crippen molar-refractivity contribution in [2.24, 2.45) is 0 Å². The highest BCUT2D eigenvalue weighted by Gasteiger charge is 2.16. The molecule has 0 atom stereocenters. The number of imidazole rings is 1. The van der Waals surface area contributed by atoms with Gasteiger partial charge < -0.3 is 9.72 Å². The van der Waals surface area contributed by atoms with E-state index in [2.05, 4.69) is 20.0 Å². The second-order valence-electron chi connectivity index (χ2n) is 4.16. The Morgan fingerprint density at radius 2 is 2.19 bits per heavy atom. The van der Waals surface area contributed by atoms with Gasteiger partial charge in [-0.2, -0.15) is 8.42 Å². The average molecular weight is 313 g/mol. The second-order valence-corrected chi connectivity index (χ2v) is 5.77. The lowest BCUT2D eigenvalue weighted by Crippen LogP contribution is -2.11. The van der Waals surface area contributed by atoms with Gasteiger partial charge in [-0.25, -0.2) is 9.78 Å². The zero-order chi connectivity index (χ0) is 15.5. The summed E-state index contributed by atoms with van der Waals surface area (Å²) < 4.78 is 33.1. The van der Waals surface area contributed by atoms with Gasteiger partial charge >= 0.3 is 6.09 Å². The number of carbonyl (C=O) groups is 1. The molecule has 8 nitrogen and oxygen atoms in total. The molecular formula is C12H15N3O5S. The van der Waals surface area contributed by atoms with Crippen LogP contribution in [0, 0.1) is 0 Å². The summed E-state index contributed by atoms with van der Waals surface area (Å²) >= 11 is 0. The van der Waals surface area contributed by atoms with Crippen LogP contribution in [-0.4, -0.2) is 38.2 Å². The van der Waals surface area contributed by atoms with Gasteiger partial charge in [-0.05, 0) is 24.6 Å². The lowest BCUT2D eigenvalue weighted by Gasteiger charge is -2.03. The highest BCUT2D eigenvalue weighted by atomic mass is 32.2. The molecule has 0 aliphatic carbocycles. The molecule has 0 spiro atoms. The summed E-state index contributed by atoms with van der Waals surface area (Å²) in [5, 5.41) is 2.36. The molecule has 0 aliphatic heterocycles. The molecule has 0 saturated heterocycles. The zero-order valence-electron chi connectivity index (χ0n) is 11.5.